The first-order valence-corrected chi connectivity index (χ1v) is 8.34. The van der Waals surface area contributed by atoms with Gasteiger partial charge in [0.2, 0.25) is 0 Å². The third-order valence-corrected chi connectivity index (χ3v) is 4.04. The number of nitrogens with one attached hydrogen (secondary N) is 1. The lowest BCUT2D eigenvalue weighted by atomic mass is 10.2. The Morgan fingerprint density at radius 2 is 1.81 bits per heavy atom. The van der Waals surface area contributed by atoms with E-state index in [2.05, 4.69) is 5.32 Å². The highest BCUT2D eigenvalue weighted by atomic mass is 35.5. The maximum atomic E-state index is 12.2. The van der Waals surface area contributed by atoms with E-state index in [0.29, 0.717) is 23.1 Å². The summed E-state index contributed by atoms with van der Waals surface area (Å²) in [4.78, 5) is 12.2. The van der Waals surface area contributed by atoms with Gasteiger partial charge in [0.25, 0.3) is 5.91 Å². The zero-order chi connectivity index (χ0) is 18.4. The van der Waals surface area contributed by atoms with Crippen LogP contribution in [0.4, 0.5) is 0 Å². The van der Waals surface area contributed by atoms with E-state index in [1.54, 1.807) is 18.2 Å². The van der Waals surface area contributed by atoms with E-state index in [-0.39, 0.29) is 5.57 Å². The Morgan fingerprint density at radius 3 is 2.54 bits per heavy atom. The summed E-state index contributed by atoms with van der Waals surface area (Å²) < 4.78 is 5.70. The van der Waals surface area contributed by atoms with E-state index in [0.717, 1.165) is 11.1 Å². The average Bonchev–Trinajstić information content (AvgIpc) is 3.13. The zero-order valence-corrected chi connectivity index (χ0v) is 14.5. The van der Waals surface area contributed by atoms with Gasteiger partial charge in [0.15, 0.2) is 0 Å². The monoisotopic (exact) mass is 362 g/mol. The number of carbonyl (C=O) groups excluding carboxylic acids is 1. The number of amides is 1. The van der Waals surface area contributed by atoms with Crippen LogP contribution in [0.1, 0.15) is 11.3 Å². The molecule has 4 nitrogen and oxygen atoms in total. The largest absolute Gasteiger partial charge is 0.457 e. The van der Waals surface area contributed by atoms with Crippen LogP contribution in [0.5, 0.6) is 0 Å². The first-order chi connectivity index (χ1) is 12.7. The van der Waals surface area contributed by atoms with Crippen molar-refractivity contribution in [2.75, 3.05) is 0 Å². The van der Waals surface area contributed by atoms with Gasteiger partial charge in [-0.25, -0.2) is 0 Å². The summed E-state index contributed by atoms with van der Waals surface area (Å²) in [7, 11) is 0. The number of hydrogen-bond donors (Lipinski definition) is 1. The summed E-state index contributed by atoms with van der Waals surface area (Å²) >= 11 is 6.16. The van der Waals surface area contributed by atoms with Crippen molar-refractivity contribution in [3.8, 4) is 17.4 Å². The molecule has 0 fully saturated rings. The van der Waals surface area contributed by atoms with E-state index in [1.807, 2.05) is 54.6 Å². The van der Waals surface area contributed by atoms with Gasteiger partial charge in [-0.1, -0.05) is 54.1 Å². The number of nitrogens with zero attached hydrogens (tertiary/aromatic N) is 1. The number of furan rings is 1. The van der Waals surface area contributed by atoms with Crippen molar-refractivity contribution in [1.82, 2.24) is 5.32 Å². The molecule has 0 radical (unpaired) electrons. The third-order valence-electron chi connectivity index (χ3n) is 3.71. The number of rotatable bonds is 5. The van der Waals surface area contributed by atoms with Gasteiger partial charge in [-0.05, 0) is 29.8 Å². The van der Waals surface area contributed by atoms with E-state index >= 15 is 0 Å². The van der Waals surface area contributed by atoms with Gasteiger partial charge in [0.05, 0.1) is 5.02 Å². The minimum atomic E-state index is -0.452. The van der Waals surface area contributed by atoms with Crippen molar-refractivity contribution >= 4 is 23.6 Å². The lowest BCUT2D eigenvalue weighted by Crippen LogP contribution is -2.23. The number of benzene rings is 2. The van der Waals surface area contributed by atoms with Crippen LogP contribution in [0.15, 0.2) is 76.7 Å². The lowest BCUT2D eigenvalue weighted by Gasteiger charge is -2.04. The van der Waals surface area contributed by atoms with Gasteiger partial charge in [-0.3, -0.25) is 4.79 Å². The smallest absolute Gasteiger partial charge is 0.262 e. The van der Waals surface area contributed by atoms with E-state index in [4.69, 9.17) is 16.0 Å². The molecule has 0 unspecified atom stereocenters. The van der Waals surface area contributed by atoms with Gasteiger partial charge >= 0.3 is 0 Å². The molecule has 0 saturated heterocycles. The molecule has 1 amide bonds. The Hall–Kier alpha value is -3.29. The molecule has 3 aromatic rings. The number of halogens is 1. The molecule has 3 rings (SSSR count). The molecule has 5 heteroatoms. The molecule has 0 bridgehead atoms. The van der Waals surface area contributed by atoms with E-state index in [9.17, 15) is 10.1 Å². The standard InChI is InChI=1S/C21H15ClN2O2/c22-19-9-5-4-8-18(19)20-11-10-17(26-20)12-16(13-23)21(25)24-14-15-6-2-1-3-7-15/h1-12H,14H2,(H,24,25). The molecular formula is C21H15ClN2O2. The summed E-state index contributed by atoms with van der Waals surface area (Å²) in [6.45, 7) is 0.349. The Bertz CT molecular complexity index is 985. The van der Waals surface area contributed by atoms with Crippen molar-refractivity contribution in [2.45, 2.75) is 6.54 Å². The fraction of sp³-hybridized carbons (Fsp3) is 0.0476. The quantitative estimate of drug-likeness (QED) is 0.522. The first kappa shape index (κ1) is 17.5. The van der Waals surface area contributed by atoms with Crippen LogP contribution in [-0.2, 0) is 11.3 Å². The fourth-order valence-electron chi connectivity index (χ4n) is 2.40. The Labute approximate surface area is 156 Å². The third kappa shape index (κ3) is 4.21. The van der Waals surface area contributed by atoms with Crippen molar-refractivity contribution in [1.29, 1.82) is 5.26 Å². The van der Waals surface area contributed by atoms with Gasteiger partial charge in [0, 0.05) is 18.2 Å². The highest BCUT2D eigenvalue weighted by molar-refractivity contribution is 6.33. The van der Waals surface area contributed by atoms with Gasteiger partial charge < -0.3 is 9.73 Å². The minimum absolute atomic E-state index is 0.0269. The predicted molar refractivity (Wildman–Crippen MR) is 101 cm³/mol. The van der Waals surface area contributed by atoms with Crippen LogP contribution in [0.3, 0.4) is 0 Å². The number of hydrogen-bond acceptors (Lipinski definition) is 3. The normalized spacial score (nSPS) is 11.0. The molecule has 1 heterocycles. The summed E-state index contributed by atoms with van der Waals surface area (Å²) in [5, 5.41) is 12.6. The fourth-order valence-corrected chi connectivity index (χ4v) is 2.63. The topological polar surface area (TPSA) is 66.0 Å². The highest BCUT2D eigenvalue weighted by Gasteiger charge is 2.12. The second kappa shape index (κ2) is 8.19. The summed E-state index contributed by atoms with van der Waals surface area (Å²) in [6.07, 6.45) is 1.42. The van der Waals surface area contributed by atoms with Crippen LogP contribution in [-0.4, -0.2) is 5.91 Å². The average molecular weight is 363 g/mol. The highest BCUT2D eigenvalue weighted by Crippen LogP contribution is 2.29. The lowest BCUT2D eigenvalue weighted by molar-refractivity contribution is -0.117. The molecule has 26 heavy (non-hydrogen) atoms. The van der Waals surface area contributed by atoms with Crippen molar-refractivity contribution < 1.29 is 9.21 Å². The molecule has 2 aromatic carbocycles. The molecule has 0 spiro atoms. The molecular weight excluding hydrogens is 348 g/mol. The molecule has 128 valence electrons. The molecule has 1 aromatic heterocycles. The van der Waals surface area contributed by atoms with Crippen molar-refractivity contribution in [3.63, 3.8) is 0 Å². The molecule has 0 atom stereocenters. The Balaban J connectivity index is 1.74. The van der Waals surface area contributed by atoms with E-state index in [1.165, 1.54) is 6.08 Å². The van der Waals surface area contributed by atoms with Crippen LogP contribution >= 0.6 is 11.6 Å². The van der Waals surface area contributed by atoms with Crippen LogP contribution < -0.4 is 5.32 Å². The molecule has 1 N–H and O–H groups in total. The summed E-state index contributed by atoms with van der Waals surface area (Å²) in [6, 6.07) is 22.1. The molecule has 0 aliphatic heterocycles. The van der Waals surface area contributed by atoms with Gasteiger partial charge in [-0.2, -0.15) is 5.26 Å². The first-order valence-electron chi connectivity index (χ1n) is 7.96. The summed E-state index contributed by atoms with van der Waals surface area (Å²) in [5.74, 6) is 0.530. The number of carbonyl (C=O) groups is 1. The van der Waals surface area contributed by atoms with Gasteiger partial charge in [0.1, 0.15) is 23.2 Å². The Morgan fingerprint density at radius 1 is 1.08 bits per heavy atom. The molecule has 0 aliphatic carbocycles. The summed E-state index contributed by atoms with van der Waals surface area (Å²) in [5.41, 5.74) is 1.68. The Kier molecular flexibility index (Phi) is 5.52. The SMILES string of the molecule is N#CC(=Cc1ccc(-c2ccccc2Cl)o1)C(=O)NCc1ccccc1. The number of nitriles is 1. The van der Waals surface area contributed by atoms with Crippen molar-refractivity contribution in [3.05, 3.63) is 88.6 Å². The second-order valence-electron chi connectivity index (χ2n) is 5.52. The van der Waals surface area contributed by atoms with Crippen LogP contribution in [0.2, 0.25) is 5.02 Å². The maximum absolute atomic E-state index is 12.2. The predicted octanol–water partition coefficient (Wildman–Crippen LogP) is 4.82. The van der Waals surface area contributed by atoms with Crippen LogP contribution in [0.25, 0.3) is 17.4 Å². The van der Waals surface area contributed by atoms with Crippen LogP contribution in [0, 0.1) is 11.3 Å². The maximum Gasteiger partial charge on any atom is 0.262 e. The van der Waals surface area contributed by atoms with E-state index < -0.39 is 5.91 Å². The minimum Gasteiger partial charge on any atom is -0.457 e. The molecule has 0 aliphatic rings. The second-order valence-corrected chi connectivity index (χ2v) is 5.93. The van der Waals surface area contributed by atoms with Gasteiger partial charge in [-0.15, -0.1) is 0 Å². The zero-order valence-electron chi connectivity index (χ0n) is 13.8. The molecule has 0 saturated carbocycles. The van der Waals surface area contributed by atoms with Crippen molar-refractivity contribution in [2.24, 2.45) is 0 Å².